The van der Waals surface area contributed by atoms with Crippen LogP contribution in [0.15, 0.2) is 30.3 Å². The Kier molecular flexibility index (Phi) is 13.0. The highest BCUT2D eigenvalue weighted by Gasteiger charge is 2.19. The van der Waals surface area contributed by atoms with Crippen molar-refractivity contribution in [2.75, 3.05) is 13.2 Å². The minimum Gasteiger partial charge on any atom is -0.397 e. The number of hydrogen-bond donors (Lipinski definition) is 3. The molecule has 4 atom stereocenters. The average Bonchev–Trinajstić information content (AvgIpc) is 2.68. The van der Waals surface area contributed by atoms with E-state index in [-0.39, 0.29) is 12.4 Å². The fourth-order valence-corrected chi connectivity index (χ4v) is 4.06. The molecule has 0 aromatic heterocycles. The minimum absolute atomic E-state index is 0.198. The highest BCUT2D eigenvalue weighted by Crippen LogP contribution is 2.23. The van der Waals surface area contributed by atoms with Gasteiger partial charge in [-0.25, -0.2) is 0 Å². The first-order valence-electron chi connectivity index (χ1n) is 11.1. The molecular formula is C24H42N2O2. The molecule has 0 radical (unpaired) electrons. The maximum atomic E-state index is 11.9. The zero-order valence-corrected chi connectivity index (χ0v) is 18.2. The van der Waals surface area contributed by atoms with Gasteiger partial charge in [-0.15, -0.1) is 0 Å². The molecule has 0 heterocycles. The van der Waals surface area contributed by atoms with Gasteiger partial charge in [0.05, 0.1) is 6.54 Å². The van der Waals surface area contributed by atoms with Crippen LogP contribution in [0, 0.1) is 11.8 Å². The van der Waals surface area contributed by atoms with Crippen molar-refractivity contribution in [2.24, 2.45) is 17.6 Å². The molecule has 3 rings (SSSR count). The van der Waals surface area contributed by atoms with Crippen LogP contribution in [0.5, 0.6) is 0 Å². The molecule has 0 bridgehead atoms. The lowest BCUT2D eigenvalue weighted by Crippen LogP contribution is -2.36. The number of rotatable bonds is 4. The monoisotopic (exact) mass is 390 g/mol. The van der Waals surface area contributed by atoms with Crippen LogP contribution in [0.3, 0.4) is 0 Å². The molecule has 2 fully saturated rings. The number of benzene rings is 1. The van der Waals surface area contributed by atoms with Crippen molar-refractivity contribution in [3.05, 3.63) is 35.9 Å². The second kappa shape index (κ2) is 14.7. The van der Waals surface area contributed by atoms with Crippen LogP contribution in [0.1, 0.15) is 82.5 Å². The summed E-state index contributed by atoms with van der Waals surface area (Å²) < 4.78 is 0. The lowest BCUT2D eigenvalue weighted by atomic mass is 9.87. The van der Waals surface area contributed by atoms with Gasteiger partial charge in [-0.1, -0.05) is 69.9 Å². The molecule has 0 spiro atoms. The number of aliphatic hydroxyl groups is 1. The molecular weight excluding hydrogens is 348 g/mol. The maximum absolute atomic E-state index is 11.9. The van der Waals surface area contributed by atoms with E-state index < -0.39 is 0 Å². The van der Waals surface area contributed by atoms with Crippen molar-refractivity contribution in [1.29, 1.82) is 0 Å². The quantitative estimate of drug-likeness (QED) is 0.659. The molecule has 2 aliphatic carbocycles. The van der Waals surface area contributed by atoms with Crippen LogP contribution < -0.4 is 11.1 Å². The van der Waals surface area contributed by atoms with E-state index in [4.69, 9.17) is 10.8 Å². The number of carbonyl (C=O) groups is 1. The molecule has 0 amide bonds. The van der Waals surface area contributed by atoms with E-state index >= 15 is 0 Å². The molecule has 2 saturated carbocycles. The summed E-state index contributed by atoms with van der Waals surface area (Å²) in [6.45, 7) is 6.99. The summed E-state index contributed by atoms with van der Waals surface area (Å²) in [7, 11) is 0. The molecule has 160 valence electrons. The van der Waals surface area contributed by atoms with Crippen LogP contribution in [-0.2, 0) is 0 Å². The number of carbonyl (C=O) groups excluding carboxylic acids is 1. The summed E-state index contributed by atoms with van der Waals surface area (Å²) in [4.78, 5) is 11.9. The fraction of sp³-hybridized carbons (Fsp3) is 0.708. The Labute approximate surface area is 172 Å². The van der Waals surface area contributed by atoms with Gasteiger partial charge < -0.3 is 16.2 Å². The average molecular weight is 391 g/mol. The number of ketones is 1. The molecule has 0 saturated heterocycles. The lowest BCUT2D eigenvalue weighted by Gasteiger charge is -2.27. The van der Waals surface area contributed by atoms with E-state index in [0.717, 1.165) is 17.4 Å². The van der Waals surface area contributed by atoms with Crippen LogP contribution in [0.2, 0.25) is 0 Å². The number of nitrogens with one attached hydrogen (secondary N) is 1. The topological polar surface area (TPSA) is 75.3 Å². The summed E-state index contributed by atoms with van der Waals surface area (Å²) >= 11 is 0. The number of hydrogen-bond acceptors (Lipinski definition) is 4. The predicted octanol–water partition coefficient (Wildman–Crippen LogP) is 4.56. The smallest absolute Gasteiger partial charge is 0.176 e. The molecule has 4 heteroatoms. The van der Waals surface area contributed by atoms with Gasteiger partial charge >= 0.3 is 0 Å². The van der Waals surface area contributed by atoms with Crippen LogP contribution >= 0.6 is 0 Å². The summed E-state index contributed by atoms with van der Waals surface area (Å²) in [6, 6.07) is 10.6. The van der Waals surface area contributed by atoms with Crippen LogP contribution in [0.25, 0.3) is 0 Å². The molecule has 1 aromatic rings. The van der Waals surface area contributed by atoms with E-state index in [0.29, 0.717) is 18.6 Å². The Morgan fingerprint density at radius 3 is 2.11 bits per heavy atom. The van der Waals surface area contributed by atoms with E-state index in [1.54, 1.807) is 6.92 Å². The van der Waals surface area contributed by atoms with Gasteiger partial charge in [-0.05, 0) is 44.4 Å². The Balaban J connectivity index is 0.000000296. The van der Waals surface area contributed by atoms with Gasteiger partial charge in [0.1, 0.15) is 0 Å². The van der Waals surface area contributed by atoms with E-state index in [2.05, 4.69) is 19.2 Å². The third-order valence-electron chi connectivity index (χ3n) is 5.56. The van der Waals surface area contributed by atoms with Gasteiger partial charge in [0.2, 0.25) is 0 Å². The zero-order chi connectivity index (χ0) is 20.8. The summed E-state index contributed by atoms with van der Waals surface area (Å²) in [5.41, 5.74) is 6.53. The van der Waals surface area contributed by atoms with Crippen molar-refractivity contribution in [3.8, 4) is 0 Å². The molecule has 28 heavy (non-hydrogen) atoms. The summed E-state index contributed by atoms with van der Waals surface area (Å²) in [6.07, 6.45) is 10.3. The third-order valence-corrected chi connectivity index (χ3v) is 5.56. The first-order valence-corrected chi connectivity index (χ1v) is 11.1. The lowest BCUT2D eigenvalue weighted by molar-refractivity contribution is 0.0983. The normalized spacial score (nSPS) is 26.9. The molecule has 2 aliphatic rings. The Bertz CT molecular complexity index is 513. The molecule has 4 N–H and O–H groups in total. The van der Waals surface area contributed by atoms with Gasteiger partial charge in [0.15, 0.2) is 5.78 Å². The Morgan fingerprint density at radius 2 is 1.61 bits per heavy atom. The van der Waals surface area contributed by atoms with Crippen molar-refractivity contribution in [2.45, 2.75) is 84.2 Å². The van der Waals surface area contributed by atoms with Crippen molar-refractivity contribution < 1.29 is 9.90 Å². The largest absolute Gasteiger partial charge is 0.397 e. The summed E-state index contributed by atoms with van der Waals surface area (Å²) in [5.74, 6) is 1.88. The summed E-state index contributed by atoms with van der Waals surface area (Å²) in [5, 5.41) is 11.0. The van der Waals surface area contributed by atoms with Gasteiger partial charge in [-0.2, -0.15) is 0 Å². The Morgan fingerprint density at radius 1 is 1.04 bits per heavy atom. The van der Waals surface area contributed by atoms with E-state index in [1.807, 2.05) is 30.3 Å². The van der Waals surface area contributed by atoms with Crippen molar-refractivity contribution in [1.82, 2.24) is 5.32 Å². The number of aliphatic hydroxyl groups excluding tert-OH is 1. The highest BCUT2D eigenvalue weighted by atomic mass is 16.2. The SMILES string of the molecule is CCO.C[C@H]1CCC[C@@H](N)C1.C[C@H]1CCC[C@@H](NCC(=O)c2ccccc2)C1. The third kappa shape index (κ3) is 10.9. The first-order chi connectivity index (χ1) is 13.5. The molecule has 1 aromatic carbocycles. The van der Waals surface area contributed by atoms with E-state index in [9.17, 15) is 4.79 Å². The standard InChI is InChI=1S/C15H21NO.C7H15N.C2H6O/c1-12-6-5-9-14(10-12)16-11-15(17)13-7-3-2-4-8-13;1-6-3-2-4-7(8)5-6;1-2-3/h2-4,7-8,12,14,16H,5-6,9-11H2,1H3;6-7H,2-5,8H2,1H3;3H,2H2,1H3/t12-,14+;6-,7+;/m00./s1. The van der Waals surface area contributed by atoms with Gasteiger partial charge in [0.25, 0.3) is 0 Å². The zero-order valence-electron chi connectivity index (χ0n) is 18.2. The Hall–Kier alpha value is -1.23. The fourth-order valence-electron chi connectivity index (χ4n) is 4.06. The van der Waals surface area contributed by atoms with E-state index in [1.165, 1.54) is 51.4 Å². The van der Waals surface area contributed by atoms with Crippen LogP contribution in [-0.4, -0.2) is 36.1 Å². The maximum Gasteiger partial charge on any atom is 0.176 e. The minimum atomic E-state index is 0.198. The second-order valence-electron chi connectivity index (χ2n) is 8.49. The highest BCUT2D eigenvalue weighted by molar-refractivity contribution is 5.97. The molecule has 0 unspecified atom stereocenters. The van der Waals surface area contributed by atoms with Gasteiger partial charge in [-0.3, -0.25) is 4.79 Å². The van der Waals surface area contributed by atoms with Gasteiger partial charge in [0, 0.05) is 24.3 Å². The van der Waals surface area contributed by atoms with Crippen molar-refractivity contribution >= 4 is 5.78 Å². The predicted molar refractivity (Wildman–Crippen MR) is 119 cm³/mol. The molecule has 0 aliphatic heterocycles. The molecule has 4 nitrogen and oxygen atoms in total. The first kappa shape index (κ1) is 24.8. The number of Topliss-reactive ketones (excluding diaryl/α,β-unsaturated/α-hetero) is 1. The van der Waals surface area contributed by atoms with Crippen molar-refractivity contribution in [3.63, 3.8) is 0 Å². The van der Waals surface area contributed by atoms with Crippen LogP contribution in [0.4, 0.5) is 0 Å². The number of nitrogens with two attached hydrogens (primary N) is 1. The second-order valence-corrected chi connectivity index (χ2v) is 8.49.